The zero-order valence-corrected chi connectivity index (χ0v) is 15.1. The molecular formula is C17H15ClN4O2S. The van der Waals surface area contributed by atoms with Gasteiger partial charge in [0.2, 0.25) is 0 Å². The maximum absolute atomic E-state index is 12.5. The summed E-state index contributed by atoms with van der Waals surface area (Å²) in [6, 6.07) is 9.83. The van der Waals surface area contributed by atoms with Crippen molar-refractivity contribution in [2.75, 3.05) is 4.72 Å². The van der Waals surface area contributed by atoms with Crippen LogP contribution in [0.15, 0.2) is 53.8 Å². The fourth-order valence-corrected chi connectivity index (χ4v) is 3.77. The van der Waals surface area contributed by atoms with E-state index in [4.69, 9.17) is 11.6 Å². The summed E-state index contributed by atoms with van der Waals surface area (Å²) in [7, 11) is -3.71. The Morgan fingerprint density at radius 3 is 2.40 bits per heavy atom. The number of halogens is 1. The van der Waals surface area contributed by atoms with Crippen LogP contribution in [0, 0.1) is 13.8 Å². The van der Waals surface area contributed by atoms with Crippen molar-refractivity contribution in [1.29, 1.82) is 0 Å². The van der Waals surface area contributed by atoms with Crippen LogP contribution in [0.3, 0.4) is 0 Å². The Kier molecular flexibility index (Phi) is 4.69. The Bertz CT molecular complexity index is 1000. The largest absolute Gasteiger partial charge is 0.278 e. The summed E-state index contributed by atoms with van der Waals surface area (Å²) in [5.41, 5.74) is 2.87. The minimum atomic E-state index is -3.71. The van der Waals surface area contributed by atoms with Gasteiger partial charge in [-0.3, -0.25) is 9.71 Å². The lowest BCUT2D eigenvalue weighted by Crippen LogP contribution is -2.14. The molecule has 0 aliphatic heterocycles. The molecule has 3 aromatic rings. The van der Waals surface area contributed by atoms with E-state index in [0.717, 1.165) is 0 Å². The van der Waals surface area contributed by atoms with Gasteiger partial charge < -0.3 is 0 Å². The number of sulfonamides is 1. The van der Waals surface area contributed by atoms with Crippen molar-refractivity contribution in [2.45, 2.75) is 18.7 Å². The summed E-state index contributed by atoms with van der Waals surface area (Å²) in [6.45, 7) is 3.53. The first-order valence-electron chi connectivity index (χ1n) is 7.40. The number of aryl methyl sites for hydroxylation is 2. The molecule has 2 heterocycles. The summed E-state index contributed by atoms with van der Waals surface area (Å²) in [6.07, 6.45) is 3.00. The van der Waals surface area contributed by atoms with Crippen LogP contribution >= 0.6 is 11.6 Å². The van der Waals surface area contributed by atoms with Crippen LogP contribution in [0.4, 0.5) is 5.69 Å². The Labute approximate surface area is 151 Å². The fourth-order valence-electron chi connectivity index (χ4n) is 2.35. The minimum Gasteiger partial charge on any atom is -0.278 e. The van der Waals surface area contributed by atoms with E-state index in [0.29, 0.717) is 28.2 Å². The summed E-state index contributed by atoms with van der Waals surface area (Å²) in [5.74, 6) is 0. The van der Waals surface area contributed by atoms with Gasteiger partial charge in [0.15, 0.2) is 0 Å². The summed E-state index contributed by atoms with van der Waals surface area (Å²) in [5, 5.41) is 0.287. The van der Waals surface area contributed by atoms with Crippen molar-refractivity contribution in [3.63, 3.8) is 0 Å². The highest BCUT2D eigenvalue weighted by molar-refractivity contribution is 7.92. The molecule has 6 nitrogen and oxygen atoms in total. The van der Waals surface area contributed by atoms with Gasteiger partial charge in [0.05, 0.1) is 22.0 Å². The van der Waals surface area contributed by atoms with Gasteiger partial charge in [-0.25, -0.2) is 18.4 Å². The first-order valence-corrected chi connectivity index (χ1v) is 9.26. The Morgan fingerprint density at radius 2 is 1.72 bits per heavy atom. The van der Waals surface area contributed by atoms with Gasteiger partial charge in [-0.1, -0.05) is 29.8 Å². The van der Waals surface area contributed by atoms with E-state index in [1.165, 1.54) is 18.5 Å². The number of nitrogens with zero attached hydrogens (tertiary/aromatic N) is 3. The molecule has 0 radical (unpaired) electrons. The van der Waals surface area contributed by atoms with Gasteiger partial charge in [0.25, 0.3) is 10.0 Å². The van der Waals surface area contributed by atoms with E-state index in [-0.39, 0.29) is 10.0 Å². The van der Waals surface area contributed by atoms with Crippen LogP contribution in [0.1, 0.15) is 11.4 Å². The third kappa shape index (κ3) is 3.62. The van der Waals surface area contributed by atoms with E-state index in [2.05, 4.69) is 19.7 Å². The molecule has 0 unspecified atom stereocenters. The van der Waals surface area contributed by atoms with E-state index >= 15 is 0 Å². The van der Waals surface area contributed by atoms with E-state index in [1.807, 2.05) is 0 Å². The molecule has 0 atom stereocenters. The molecule has 3 rings (SSSR count). The molecule has 0 aliphatic carbocycles. The highest BCUT2D eigenvalue weighted by Crippen LogP contribution is 2.31. The normalized spacial score (nSPS) is 11.3. The predicted molar refractivity (Wildman–Crippen MR) is 97.0 cm³/mol. The molecular weight excluding hydrogens is 360 g/mol. The molecule has 0 spiro atoms. The lowest BCUT2D eigenvalue weighted by molar-refractivity contribution is 0.601. The standard InChI is InChI=1S/C17H15ClN4O2S/c1-11-15(22-25(23,24)14-6-4-3-5-7-14)8-13(9-19-11)16-12(2)20-10-21-17(16)18/h3-10,22H,1-2H3. The lowest BCUT2D eigenvalue weighted by Gasteiger charge is -2.13. The molecule has 0 saturated heterocycles. The quantitative estimate of drug-likeness (QED) is 0.705. The molecule has 0 fully saturated rings. The van der Waals surface area contributed by atoms with Gasteiger partial charge in [-0.2, -0.15) is 0 Å². The molecule has 128 valence electrons. The molecule has 25 heavy (non-hydrogen) atoms. The highest BCUT2D eigenvalue weighted by Gasteiger charge is 2.17. The Morgan fingerprint density at radius 1 is 1.00 bits per heavy atom. The van der Waals surface area contributed by atoms with Crippen LogP contribution in [-0.4, -0.2) is 23.4 Å². The van der Waals surface area contributed by atoms with Gasteiger partial charge >= 0.3 is 0 Å². The molecule has 1 aromatic carbocycles. The van der Waals surface area contributed by atoms with E-state index in [9.17, 15) is 8.42 Å². The number of hydrogen-bond acceptors (Lipinski definition) is 5. The summed E-state index contributed by atoms with van der Waals surface area (Å²) in [4.78, 5) is 12.6. The second-order valence-corrected chi connectivity index (χ2v) is 7.44. The van der Waals surface area contributed by atoms with Gasteiger partial charge in [-0.05, 0) is 32.0 Å². The maximum Gasteiger partial charge on any atom is 0.261 e. The average molecular weight is 375 g/mol. The van der Waals surface area contributed by atoms with Gasteiger partial charge in [-0.15, -0.1) is 0 Å². The SMILES string of the molecule is Cc1ncc(-c2c(C)ncnc2Cl)cc1NS(=O)(=O)c1ccccc1. The number of anilines is 1. The third-order valence-corrected chi connectivity index (χ3v) is 5.33. The molecule has 0 amide bonds. The number of nitrogens with one attached hydrogen (secondary N) is 1. The summed E-state index contributed by atoms with van der Waals surface area (Å²) < 4.78 is 27.7. The minimum absolute atomic E-state index is 0.178. The molecule has 0 saturated carbocycles. The zero-order valence-electron chi connectivity index (χ0n) is 13.6. The van der Waals surface area contributed by atoms with Crippen molar-refractivity contribution in [1.82, 2.24) is 15.0 Å². The first-order chi connectivity index (χ1) is 11.9. The highest BCUT2D eigenvalue weighted by atomic mass is 35.5. The monoisotopic (exact) mass is 374 g/mol. The maximum atomic E-state index is 12.5. The van der Waals surface area contributed by atoms with Crippen LogP contribution in [0.2, 0.25) is 5.15 Å². The second-order valence-electron chi connectivity index (χ2n) is 5.40. The lowest BCUT2D eigenvalue weighted by atomic mass is 10.1. The number of aromatic nitrogens is 3. The van der Waals surface area contributed by atoms with E-state index in [1.54, 1.807) is 44.3 Å². The van der Waals surface area contributed by atoms with Crippen molar-refractivity contribution >= 4 is 27.3 Å². The molecule has 0 aliphatic rings. The van der Waals surface area contributed by atoms with Gasteiger partial charge in [0, 0.05) is 17.3 Å². The number of hydrogen-bond donors (Lipinski definition) is 1. The molecule has 8 heteroatoms. The van der Waals surface area contributed by atoms with Crippen molar-refractivity contribution in [3.8, 4) is 11.1 Å². The Balaban J connectivity index is 2.04. The predicted octanol–water partition coefficient (Wildman–Crippen LogP) is 3.61. The third-order valence-electron chi connectivity index (χ3n) is 3.66. The van der Waals surface area contributed by atoms with Crippen molar-refractivity contribution in [3.05, 3.63) is 65.5 Å². The smallest absolute Gasteiger partial charge is 0.261 e. The second kappa shape index (κ2) is 6.78. The molecule has 0 bridgehead atoms. The molecule has 1 N–H and O–H groups in total. The van der Waals surface area contributed by atoms with Crippen LogP contribution in [-0.2, 0) is 10.0 Å². The van der Waals surface area contributed by atoms with Gasteiger partial charge in [0.1, 0.15) is 11.5 Å². The van der Waals surface area contributed by atoms with Crippen LogP contribution in [0.5, 0.6) is 0 Å². The van der Waals surface area contributed by atoms with Crippen LogP contribution < -0.4 is 4.72 Å². The fraction of sp³-hybridized carbons (Fsp3) is 0.118. The molecule has 2 aromatic heterocycles. The summed E-state index contributed by atoms with van der Waals surface area (Å²) >= 11 is 6.17. The number of benzene rings is 1. The Hall–Kier alpha value is -2.51. The van der Waals surface area contributed by atoms with E-state index < -0.39 is 10.0 Å². The van der Waals surface area contributed by atoms with Crippen molar-refractivity contribution in [2.24, 2.45) is 0 Å². The zero-order chi connectivity index (χ0) is 18.0. The van der Waals surface area contributed by atoms with Crippen LogP contribution in [0.25, 0.3) is 11.1 Å². The number of rotatable bonds is 4. The topological polar surface area (TPSA) is 84.8 Å². The number of pyridine rings is 1. The first kappa shape index (κ1) is 17.3. The van der Waals surface area contributed by atoms with Crippen molar-refractivity contribution < 1.29 is 8.42 Å². The average Bonchev–Trinajstić information content (AvgIpc) is 2.58.